The summed E-state index contributed by atoms with van der Waals surface area (Å²) in [4.78, 5) is 9.50. The van der Waals surface area contributed by atoms with Crippen LogP contribution in [0, 0.1) is 11.3 Å². The van der Waals surface area contributed by atoms with Crippen LogP contribution in [0.25, 0.3) is 0 Å². The Labute approximate surface area is 79.8 Å². The Balaban J connectivity index is 0.000000223. The highest BCUT2D eigenvalue weighted by atomic mass is 28.2. The van der Waals surface area contributed by atoms with Gasteiger partial charge in [-0.2, -0.15) is 5.26 Å². The summed E-state index contributed by atoms with van der Waals surface area (Å²) in [6, 6.07) is 2.61. The van der Waals surface area contributed by atoms with Gasteiger partial charge in [-0.1, -0.05) is 13.0 Å². The summed E-state index contributed by atoms with van der Waals surface area (Å²) in [5.74, 6) is -1.51. The van der Waals surface area contributed by atoms with E-state index in [2.05, 4.69) is 6.58 Å². The molecular formula is C8H10NO3Si-. The highest BCUT2D eigenvalue weighted by Crippen LogP contribution is 2.01. The first kappa shape index (κ1) is 11.9. The fourth-order valence-corrected chi connectivity index (χ4v) is 1.39. The lowest BCUT2D eigenvalue weighted by atomic mass is 10.4. The predicted octanol–water partition coefficient (Wildman–Crippen LogP) is -0.350. The second-order valence-electron chi connectivity index (χ2n) is 2.33. The summed E-state index contributed by atoms with van der Waals surface area (Å²) < 4.78 is 5.10. The van der Waals surface area contributed by atoms with Crippen LogP contribution in [0.4, 0.5) is 0 Å². The maximum absolute atomic E-state index is 9.50. The Kier molecular flexibility index (Phi) is 6.87. The molecule has 0 aliphatic carbocycles. The molecule has 0 spiro atoms. The molecule has 4 nitrogen and oxygen atoms in total. The van der Waals surface area contributed by atoms with Crippen LogP contribution in [0.3, 0.4) is 0 Å². The standard InChI is InChI=1S/C4H3NO2.C4H8OSi/c1-3(2-5)4(6)7;1-2-4-6-5-3-1/h1H2,(H,6,7);1-4H2/p-1. The van der Waals surface area contributed by atoms with Crippen molar-refractivity contribution in [3.05, 3.63) is 12.2 Å². The first-order valence-electron chi connectivity index (χ1n) is 3.83. The predicted molar refractivity (Wildman–Crippen MR) is 45.5 cm³/mol. The van der Waals surface area contributed by atoms with Gasteiger partial charge in [0, 0.05) is 6.61 Å². The van der Waals surface area contributed by atoms with Gasteiger partial charge in [0.2, 0.25) is 9.76 Å². The molecule has 70 valence electrons. The van der Waals surface area contributed by atoms with Gasteiger partial charge in [0.15, 0.2) is 0 Å². The second-order valence-corrected chi connectivity index (χ2v) is 3.41. The maximum atomic E-state index is 9.50. The van der Waals surface area contributed by atoms with Gasteiger partial charge in [0.1, 0.15) is 6.07 Å². The van der Waals surface area contributed by atoms with Gasteiger partial charge >= 0.3 is 0 Å². The minimum absolute atomic E-state index is 0.542. The van der Waals surface area contributed by atoms with Gasteiger partial charge in [-0.15, -0.1) is 0 Å². The van der Waals surface area contributed by atoms with Crippen molar-refractivity contribution in [3.8, 4) is 6.07 Å². The molecule has 0 atom stereocenters. The van der Waals surface area contributed by atoms with Crippen molar-refractivity contribution in [3.63, 3.8) is 0 Å². The third kappa shape index (κ3) is 7.24. The van der Waals surface area contributed by atoms with Crippen molar-refractivity contribution in [2.75, 3.05) is 6.61 Å². The Morgan fingerprint density at radius 2 is 2.31 bits per heavy atom. The van der Waals surface area contributed by atoms with Crippen molar-refractivity contribution in [2.45, 2.75) is 18.9 Å². The molecular weight excluding hydrogens is 186 g/mol. The molecule has 0 bridgehead atoms. The largest absolute Gasteiger partial charge is 0.544 e. The molecule has 1 heterocycles. The smallest absolute Gasteiger partial charge is 0.229 e. The molecule has 0 amide bonds. The summed E-state index contributed by atoms with van der Waals surface area (Å²) >= 11 is 0. The van der Waals surface area contributed by atoms with E-state index < -0.39 is 11.5 Å². The molecule has 0 aromatic carbocycles. The lowest BCUT2D eigenvalue weighted by Crippen LogP contribution is -2.22. The van der Waals surface area contributed by atoms with E-state index in [4.69, 9.17) is 9.69 Å². The number of rotatable bonds is 1. The fraction of sp³-hybridized carbons (Fsp3) is 0.500. The topological polar surface area (TPSA) is 73.1 Å². The Morgan fingerprint density at radius 3 is 2.38 bits per heavy atom. The van der Waals surface area contributed by atoms with Crippen LogP contribution in [0.15, 0.2) is 12.2 Å². The average Bonchev–Trinajstić information content (AvgIpc) is 2.20. The van der Waals surface area contributed by atoms with Crippen LogP contribution in [0.1, 0.15) is 12.8 Å². The molecule has 1 rings (SSSR count). The van der Waals surface area contributed by atoms with Crippen molar-refractivity contribution >= 4 is 15.7 Å². The van der Waals surface area contributed by atoms with Gasteiger partial charge in [-0.3, -0.25) is 0 Å². The van der Waals surface area contributed by atoms with Gasteiger partial charge in [0.25, 0.3) is 0 Å². The molecule has 0 aromatic rings. The summed E-state index contributed by atoms with van der Waals surface area (Å²) in [7, 11) is 0.802. The number of nitriles is 1. The number of carbonyl (C=O) groups excluding carboxylic acids is 1. The van der Waals surface area contributed by atoms with Crippen LogP contribution in [-0.4, -0.2) is 22.3 Å². The maximum Gasteiger partial charge on any atom is 0.229 e. The highest BCUT2D eigenvalue weighted by molar-refractivity contribution is 6.27. The average molecular weight is 196 g/mol. The molecule has 1 aliphatic rings. The number of nitrogens with zero attached hydrogens (tertiary/aromatic N) is 1. The minimum Gasteiger partial charge on any atom is -0.544 e. The van der Waals surface area contributed by atoms with Crippen molar-refractivity contribution < 1.29 is 14.3 Å². The SMILES string of the molecule is C1CC[Si]OC1.C=C(C#N)C(=O)[O-]. The van der Waals surface area contributed by atoms with E-state index in [-0.39, 0.29) is 0 Å². The summed E-state index contributed by atoms with van der Waals surface area (Å²) in [5.41, 5.74) is -0.542. The van der Waals surface area contributed by atoms with E-state index in [1.807, 2.05) is 0 Å². The second kappa shape index (κ2) is 7.52. The van der Waals surface area contributed by atoms with E-state index in [0.717, 1.165) is 16.4 Å². The first-order chi connectivity index (χ1) is 6.18. The quantitative estimate of drug-likeness (QED) is 0.326. The van der Waals surface area contributed by atoms with Crippen molar-refractivity contribution in [1.82, 2.24) is 0 Å². The van der Waals surface area contributed by atoms with E-state index in [1.165, 1.54) is 25.0 Å². The van der Waals surface area contributed by atoms with Crippen LogP contribution >= 0.6 is 0 Å². The number of aliphatic carboxylic acids is 1. The molecule has 1 saturated heterocycles. The molecule has 0 unspecified atom stereocenters. The van der Waals surface area contributed by atoms with Crippen LogP contribution in [0.2, 0.25) is 6.04 Å². The number of carboxylic acid groups (broad SMARTS) is 1. The van der Waals surface area contributed by atoms with Crippen LogP contribution < -0.4 is 5.11 Å². The zero-order valence-electron chi connectivity index (χ0n) is 7.21. The van der Waals surface area contributed by atoms with Crippen LogP contribution in [0.5, 0.6) is 0 Å². The molecule has 1 fully saturated rings. The van der Waals surface area contributed by atoms with E-state index in [1.54, 1.807) is 0 Å². The molecule has 0 saturated carbocycles. The van der Waals surface area contributed by atoms with Gasteiger partial charge in [0.05, 0.1) is 11.5 Å². The first-order valence-corrected chi connectivity index (χ1v) is 4.95. The zero-order valence-corrected chi connectivity index (χ0v) is 8.21. The minimum atomic E-state index is -1.51. The molecule has 13 heavy (non-hydrogen) atoms. The summed E-state index contributed by atoms with van der Waals surface area (Å²) in [5, 5.41) is 17.2. The molecule has 0 N–H and O–H groups in total. The van der Waals surface area contributed by atoms with Gasteiger partial charge < -0.3 is 14.3 Å². The molecule has 1 aliphatic heterocycles. The lowest BCUT2D eigenvalue weighted by molar-refractivity contribution is -0.298. The third-order valence-electron chi connectivity index (χ3n) is 1.26. The number of hydrogen-bond donors (Lipinski definition) is 0. The van der Waals surface area contributed by atoms with Gasteiger partial charge in [-0.05, 0) is 12.5 Å². The van der Waals surface area contributed by atoms with E-state index >= 15 is 0 Å². The highest BCUT2D eigenvalue weighted by Gasteiger charge is 1.97. The molecule has 5 heteroatoms. The molecule has 2 radical (unpaired) electrons. The lowest BCUT2D eigenvalue weighted by Gasteiger charge is -2.06. The van der Waals surface area contributed by atoms with E-state index in [0.29, 0.717) is 0 Å². The third-order valence-corrected chi connectivity index (χ3v) is 2.22. The summed E-state index contributed by atoms with van der Waals surface area (Å²) in [6.07, 6.45) is 2.67. The Morgan fingerprint density at radius 1 is 1.62 bits per heavy atom. The van der Waals surface area contributed by atoms with Crippen molar-refractivity contribution in [1.29, 1.82) is 5.26 Å². The van der Waals surface area contributed by atoms with Crippen LogP contribution in [-0.2, 0) is 9.22 Å². The zero-order chi connectivity index (χ0) is 10.1. The molecule has 0 aromatic heterocycles. The normalized spacial score (nSPS) is 14.7. The Bertz CT molecular complexity index is 206. The Hall–Kier alpha value is -1.12. The number of carbonyl (C=O) groups is 1. The fourth-order valence-electron chi connectivity index (χ4n) is 0.561. The van der Waals surface area contributed by atoms with E-state index in [9.17, 15) is 9.90 Å². The monoisotopic (exact) mass is 196 g/mol. The number of carboxylic acids is 1. The van der Waals surface area contributed by atoms with Gasteiger partial charge in [-0.25, -0.2) is 0 Å². The van der Waals surface area contributed by atoms with Crippen molar-refractivity contribution in [2.24, 2.45) is 0 Å². The number of hydrogen-bond acceptors (Lipinski definition) is 4. The summed E-state index contributed by atoms with van der Waals surface area (Å²) in [6.45, 7) is 3.86.